The molecule has 0 unspecified atom stereocenters. The summed E-state index contributed by atoms with van der Waals surface area (Å²) in [4.78, 5) is 23.1. The zero-order chi connectivity index (χ0) is 17.7. The van der Waals surface area contributed by atoms with Gasteiger partial charge < -0.3 is 29.1 Å². The summed E-state index contributed by atoms with van der Waals surface area (Å²) in [5.74, 6) is -0.341. The highest BCUT2D eigenvalue weighted by Crippen LogP contribution is 2.34. The van der Waals surface area contributed by atoms with Crippen LogP contribution in [-0.4, -0.2) is 38.3 Å². The molecular weight excluding hydrogens is 318 g/mol. The predicted octanol–water partition coefficient (Wildman–Crippen LogP) is 1.93. The molecule has 1 heterocycles. The molecule has 24 heavy (non-hydrogen) atoms. The molecule has 0 saturated carbocycles. The molecule has 1 amide bonds. The molecule has 2 rings (SSSR count). The maximum absolute atomic E-state index is 12.4. The van der Waals surface area contributed by atoms with Crippen LogP contribution in [0.15, 0.2) is 28.7 Å². The van der Waals surface area contributed by atoms with Gasteiger partial charge in [-0.25, -0.2) is 4.79 Å². The summed E-state index contributed by atoms with van der Waals surface area (Å²) in [5, 5.41) is 11.4. The van der Waals surface area contributed by atoms with E-state index in [1.54, 1.807) is 6.07 Å². The standard InChI is InChI=1S/C16H17NO7/c1-21-12-7-14(23-3)13(22-2)6-10(12)15(18)17-8-9-4-5-11(24-9)16(19)20/h4-7H,8H2,1-3H3,(H,17,18)(H,19,20). The number of carboxylic acids is 1. The Morgan fingerprint density at radius 1 is 1.04 bits per heavy atom. The molecule has 1 aromatic heterocycles. The third-order valence-electron chi connectivity index (χ3n) is 3.25. The van der Waals surface area contributed by atoms with Crippen LogP contribution in [-0.2, 0) is 6.54 Å². The van der Waals surface area contributed by atoms with Gasteiger partial charge in [0.25, 0.3) is 5.91 Å². The number of carbonyl (C=O) groups excluding carboxylic acids is 1. The Morgan fingerprint density at radius 2 is 1.67 bits per heavy atom. The number of hydrogen-bond acceptors (Lipinski definition) is 6. The molecule has 0 radical (unpaired) electrons. The summed E-state index contributed by atoms with van der Waals surface area (Å²) >= 11 is 0. The zero-order valence-corrected chi connectivity index (χ0v) is 13.4. The largest absolute Gasteiger partial charge is 0.496 e. The van der Waals surface area contributed by atoms with Gasteiger partial charge in [0.05, 0.1) is 33.4 Å². The van der Waals surface area contributed by atoms with E-state index < -0.39 is 11.9 Å². The first-order valence-corrected chi connectivity index (χ1v) is 6.90. The van der Waals surface area contributed by atoms with E-state index in [0.717, 1.165) is 0 Å². The minimum atomic E-state index is -1.17. The van der Waals surface area contributed by atoms with Gasteiger partial charge in [-0.1, -0.05) is 0 Å². The van der Waals surface area contributed by atoms with E-state index in [9.17, 15) is 9.59 Å². The van der Waals surface area contributed by atoms with Gasteiger partial charge in [0, 0.05) is 12.1 Å². The average Bonchev–Trinajstić information content (AvgIpc) is 3.07. The third kappa shape index (κ3) is 3.60. The fourth-order valence-electron chi connectivity index (χ4n) is 2.06. The van der Waals surface area contributed by atoms with Gasteiger partial charge in [-0.3, -0.25) is 4.79 Å². The number of ether oxygens (including phenoxy) is 3. The van der Waals surface area contributed by atoms with E-state index >= 15 is 0 Å². The lowest BCUT2D eigenvalue weighted by Crippen LogP contribution is -2.23. The molecule has 8 nitrogen and oxygen atoms in total. The minimum Gasteiger partial charge on any atom is -0.496 e. The van der Waals surface area contributed by atoms with Gasteiger partial charge in [-0.2, -0.15) is 0 Å². The highest BCUT2D eigenvalue weighted by atomic mass is 16.5. The summed E-state index contributed by atoms with van der Waals surface area (Å²) in [6.45, 7) is 0.0314. The fraction of sp³-hybridized carbons (Fsp3) is 0.250. The number of rotatable bonds is 7. The molecule has 0 bridgehead atoms. The SMILES string of the molecule is COc1cc(OC)c(C(=O)NCc2ccc(C(=O)O)o2)cc1OC. The second-order valence-electron chi connectivity index (χ2n) is 4.66. The van der Waals surface area contributed by atoms with Gasteiger partial charge in [0.1, 0.15) is 11.5 Å². The summed E-state index contributed by atoms with van der Waals surface area (Å²) in [6.07, 6.45) is 0. The molecule has 0 fully saturated rings. The van der Waals surface area contributed by atoms with E-state index in [1.165, 1.54) is 39.5 Å². The topological polar surface area (TPSA) is 107 Å². The second kappa shape index (κ2) is 7.40. The highest BCUT2D eigenvalue weighted by Gasteiger charge is 2.18. The molecule has 8 heteroatoms. The van der Waals surface area contributed by atoms with Crippen LogP contribution in [0.3, 0.4) is 0 Å². The quantitative estimate of drug-likeness (QED) is 0.796. The monoisotopic (exact) mass is 335 g/mol. The Morgan fingerprint density at radius 3 is 2.21 bits per heavy atom. The average molecular weight is 335 g/mol. The number of hydrogen-bond donors (Lipinski definition) is 2. The van der Waals surface area contributed by atoms with Crippen molar-refractivity contribution in [2.24, 2.45) is 0 Å². The maximum atomic E-state index is 12.4. The minimum absolute atomic E-state index is 0.0314. The third-order valence-corrected chi connectivity index (χ3v) is 3.25. The molecule has 2 N–H and O–H groups in total. The Kier molecular flexibility index (Phi) is 5.31. The summed E-state index contributed by atoms with van der Waals surface area (Å²) in [5.41, 5.74) is 0.250. The lowest BCUT2D eigenvalue weighted by Gasteiger charge is -2.13. The van der Waals surface area contributed by atoms with Crippen LogP contribution in [0, 0.1) is 0 Å². The molecule has 128 valence electrons. The number of aromatic carboxylic acids is 1. The molecule has 1 aromatic carbocycles. The molecule has 0 atom stereocenters. The van der Waals surface area contributed by atoms with Crippen LogP contribution in [0.25, 0.3) is 0 Å². The molecule has 0 saturated heterocycles. The van der Waals surface area contributed by atoms with Gasteiger partial charge in [0.15, 0.2) is 11.5 Å². The number of carbonyl (C=O) groups is 2. The van der Waals surface area contributed by atoms with Gasteiger partial charge in [0.2, 0.25) is 5.76 Å². The molecule has 0 aliphatic carbocycles. The van der Waals surface area contributed by atoms with Crippen LogP contribution in [0.5, 0.6) is 17.2 Å². The van der Waals surface area contributed by atoms with E-state index in [4.69, 9.17) is 23.7 Å². The van der Waals surface area contributed by atoms with Gasteiger partial charge in [-0.05, 0) is 12.1 Å². The number of benzene rings is 1. The van der Waals surface area contributed by atoms with Crippen LogP contribution >= 0.6 is 0 Å². The van der Waals surface area contributed by atoms with Crippen molar-refractivity contribution < 1.29 is 33.3 Å². The molecule has 0 aliphatic rings. The number of nitrogens with one attached hydrogen (secondary N) is 1. The lowest BCUT2D eigenvalue weighted by atomic mass is 10.1. The fourth-order valence-corrected chi connectivity index (χ4v) is 2.06. The van der Waals surface area contributed by atoms with Crippen molar-refractivity contribution in [3.8, 4) is 17.2 Å². The highest BCUT2D eigenvalue weighted by molar-refractivity contribution is 5.97. The summed E-state index contributed by atoms with van der Waals surface area (Å²) < 4.78 is 20.6. The van der Waals surface area contributed by atoms with E-state index in [2.05, 4.69) is 5.32 Å². The first kappa shape index (κ1) is 17.2. The number of amides is 1. The van der Waals surface area contributed by atoms with Crippen LogP contribution in [0.2, 0.25) is 0 Å². The van der Waals surface area contributed by atoms with Crippen LogP contribution in [0.4, 0.5) is 0 Å². The van der Waals surface area contributed by atoms with Crippen LogP contribution < -0.4 is 19.5 Å². The molecule has 2 aromatic rings. The van der Waals surface area contributed by atoms with Crippen molar-refractivity contribution in [3.05, 3.63) is 41.3 Å². The smallest absolute Gasteiger partial charge is 0.371 e. The molecule has 0 aliphatic heterocycles. The van der Waals surface area contributed by atoms with Crippen molar-refractivity contribution >= 4 is 11.9 Å². The Balaban J connectivity index is 2.17. The van der Waals surface area contributed by atoms with E-state index in [0.29, 0.717) is 23.0 Å². The van der Waals surface area contributed by atoms with Gasteiger partial charge in [-0.15, -0.1) is 0 Å². The number of furan rings is 1. The number of methoxy groups -OCH3 is 3. The first-order valence-electron chi connectivity index (χ1n) is 6.90. The maximum Gasteiger partial charge on any atom is 0.371 e. The number of carboxylic acid groups (broad SMARTS) is 1. The van der Waals surface area contributed by atoms with Gasteiger partial charge >= 0.3 is 5.97 Å². The van der Waals surface area contributed by atoms with Crippen molar-refractivity contribution in [2.45, 2.75) is 6.54 Å². The first-order chi connectivity index (χ1) is 11.5. The molecule has 0 spiro atoms. The van der Waals surface area contributed by atoms with Crippen molar-refractivity contribution in [3.63, 3.8) is 0 Å². The Labute approximate surface area is 137 Å². The summed E-state index contributed by atoms with van der Waals surface area (Å²) in [6, 6.07) is 5.84. The molecular formula is C16H17NO7. The second-order valence-corrected chi connectivity index (χ2v) is 4.66. The Bertz CT molecular complexity index is 751. The van der Waals surface area contributed by atoms with Crippen LogP contribution in [0.1, 0.15) is 26.7 Å². The van der Waals surface area contributed by atoms with Crippen molar-refractivity contribution in [1.82, 2.24) is 5.32 Å². The lowest BCUT2D eigenvalue weighted by molar-refractivity contribution is 0.0660. The predicted molar refractivity (Wildman–Crippen MR) is 82.9 cm³/mol. The van der Waals surface area contributed by atoms with Crippen molar-refractivity contribution in [2.75, 3.05) is 21.3 Å². The van der Waals surface area contributed by atoms with Crippen molar-refractivity contribution in [1.29, 1.82) is 0 Å². The van der Waals surface area contributed by atoms with E-state index in [1.807, 2.05) is 0 Å². The summed E-state index contributed by atoms with van der Waals surface area (Å²) in [7, 11) is 4.37. The normalized spacial score (nSPS) is 10.1. The Hall–Kier alpha value is -3.16. The zero-order valence-electron chi connectivity index (χ0n) is 13.4. The van der Waals surface area contributed by atoms with E-state index in [-0.39, 0.29) is 17.9 Å².